The van der Waals surface area contributed by atoms with E-state index in [1.165, 1.54) is 38.4 Å². The topological polar surface area (TPSA) is 145 Å². The van der Waals surface area contributed by atoms with Crippen molar-refractivity contribution < 1.29 is 26.4 Å². The minimum absolute atomic E-state index is 0.0936. The summed E-state index contributed by atoms with van der Waals surface area (Å²) < 4.78 is 37.4. The normalized spacial score (nSPS) is 22.8. The summed E-state index contributed by atoms with van der Waals surface area (Å²) in [6, 6.07) is 10.1. The van der Waals surface area contributed by atoms with Crippen LogP contribution in [-0.4, -0.2) is 41.2 Å². The third kappa shape index (κ3) is 7.57. The number of hydrogen-bond donors (Lipinski definition) is 2. The molecule has 2 amide bonds. The van der Waals surface area contributed by atoms with E-state index in [0.29, 0.717) is 31.2 Å². The fraction of sp³-hybridized carbons (Fsp3) is 0.214. The molecule has 0 saturated carbocycles. The monoisotopic (exact) mass is 718 g/mol. The second-order valence-corrected chi connectivity index (χ2v) is 14.4. The van der Waals surface area contributed by atoms with Crippen LogP contribution < -0.4 is 11.5 Å². The van der Waals surface area contributed by atoms with Crippen molar-refractivity contribution in [2.75, 3.05) is 0 Å². The van der Waals surface area contributed by atoms with Crippen LogP contribution >= 0.6 is 46.4 Å². The van der Waals surface area contributed by atoms with Gasteiger partial charge in [-0.2, -0.15) is 0 Å². The molecular formula is C28H26Cl4N4O6S2. The Hall–Kier alpha value is -2.68. The molecule has 4 rings (SSSR count). The van der Waals surface area contributed by atoms with Gasteiger partial charge in [-0.25, -0.2) is 8.42 Å². The van der Waals surface area contributed by atoms with Gasteiger partial charge in [-0.05, 0) is 50.3 Å². The Morgan fingerprint density at radius 2 is 1.02 bits per heavy atom. The quantitative estimate of drug-likeness (QED) is 0.302. The number of nitrogens with two attached hydrogens (primary N) is 2. The third-order valence-electron chi connectivity index (χ3n) is 6.76. The number of benzene rings is 2. The average Bonchev–Trinajstić information content (AvgIpc) is 2.94. The van der Waals surface area contributed by atoms with Gasteiger partial charge in [-0.15, -0.1) is 0 Å². The highest BCUT2D eigenvalue weighted by atomic mass is 35.5. The molecule has 16 heteroatoms. The van der Waals surface area contributed by atoms with Crippen molar-refractivity contribution in [1.82, 2.24) is 9.80 Å². The summed E-state index contributed by atoms with van der Waals surface area (Å²) in [6.45, 7) is 3.21. The van der Waals surface area contributed by atoms with E-state index < -0.39 is 43.2 Å². The molecule has 0 fully saturated rings. The van der Waals surface area contributed by atoms with Gasteiger partial charge < -0.3 is 21.3 Å². The molecule has 0 saturated heterocycles. The highest BCUT2D eigenvalue weighted by Crippen LogP contribution is 2.35. The summed E-state index contributed by atoms with van der Waals surface area (Å²) in [5.41, 5.74) is 8.94. The Kier molecular flexibility index (Phi) is 10.7. The number of halogens is 4. The maximum Gasteiger partial charge on any atom is 0.278 e. The van der Waals surface area contributed by atoms with Crippen LogP contribution in [0.1, 0.15) is 25.0 Å². The molecule has 2 aromatic carbocycles. The molecule has 0 bridgehead atoms. The lowest BCUT2D eigenvalue weighted by atomic mass is 9.93. The first kappa shape index (κ1) is 34.2. The largest absolute Gasteiger partial charge is 0.366 e. The van der Waals surface area contributed by atoms with Gasteiger partial charge in [-0.1, -0.05) is 58.5 Å². The zero-order valence-corrected chi connectivity index (χ0v) is 27.8. The Bertz CT molecular complexity index is 1520. The van der Waals surface area contributed by atoms with Gasteiger partial charge in [0.25, 0.3) is 20.2 Å². The van der Waals surface area contributed by atoms with Crippen molar-refractivity contribution in [3.8, 4) is 0 Å². The first-order valence-electron chi connectivity index (χ1n) is 12.7. The molecule has 0 aliphatic carbocycles. The number of nitrogens with zero attached hydrogens (tertiary/aromatic N) is 2. The molecule has 0 spiro atoms. The van der Waals surface area contributed by atoms with E-state index in [1.807, 2.05) is 0 Å². The first-order valence-corrected chi connectivity index (χ1v) is 16.8. The molecule has 2 heterocycles. The standard InChI is InChI=1S/C28H26Cl4N4O6S2/c1-27(9-11-35(15-19(27)25(33)37)13-17-21(29)5-3-6-22(17)30)41-43(39)44(40)42-28(2)10-12-36(16-20(28)26(34)38)14-18-23(31)7-4-8-24(18)32/h3-12,15-16H,13-14H2,1-2H3,(H2,33,37)(H2,34,38). The molecule has 4 unspecified atom stereocenters. The molecule has 234 valence electrons. The Morgan fingerprint density at radius 3 is 1.32 bits per heavy atom. The number of amides is 2. The van der Waals surface area contributed by atoms with Crippen LogP contribution in [0.5, 0.6) is 0 Å². The highest BCUT2D eigenvalue weighted by Gasteiger charge is 2.42. The number of carbonyl (C=O) groups is 2. The highest BCUT2D eigenvalue weighted by molar-refractivity contribution is 8.57. The van der Waals surface area contributed by atoms with Crippen molar-refractivity contribution in [3.63, 3.8) is 0 Å². The van der Waals surface area contributed by atoms with Crippen LogP contribution in [0, 0.1) is 0 Å². The Morgan fingerprint density at radius 1 is 0.705 bits per heavy atom. The second-order valence-electron chi connectivity index (χ2n) is 9.98. The maximum absolute atomic E-state index is 13.1. The zero-order valence-electron chi connectivity index (χ0n) is 23.2. The van der Waals surface area contributed by atoms with Crippen molar-refractivity contribution in [1.29, 1.82) is 0 Å². The van der Waals surface area contributed by atoms with Gasteiger partial charge in [0.15, 0.2) is 0 Å². The van der Waals surface area contributed by atoms with Crippen LogP contribution in [-0.2, 0) is 51.3 Å². The fourth-order valence-corrected chi connectivity index (χ4v) is 7.54. The summed E-state index contributed by atoms with van der Waals surface area (Å²) in [6.07, 6.45) is 8.71. The van der Waals surface area contributed by atoms with E-state index in [9.17, 15) is 18.0 Å². The molecule has 2 aliphatic rings. The molecule has 4 atom stereocenters. The van der Waals surface area contributed by atoms with Crippen LogP contribution in [0.25, 0.3) is 0 Å². The molecule has 0 aromatic heterocycles. The van der Waals surface area contributed by atoms with Gasteiger partial charge in [0.05, 0.1) is 11.1 Å². The van der Waals surface area contributed by atoms with Crippen molar-refractivity contribution in [2.24, 2.45) is 11.5 Å². The third-order valence-corrected chi connectivity index (χ3v) is 10.4. The number of rotatable bonds is 11. The molecule has 2 aromatic rings. The summed E-state index contributed by atoms with van der Waals surface area (Å²) in [7, 11) is -5.34. The summed E-state index contributed by atoms with van der Waals surface area (Å²) in [4.78, 5) is 28.0. The Labute approximate surface area is 278 Å². The van der Waals surface area contributed by atoms with Gasteiger partial charge >= 0.3 is 0 Å². The van der Waals surface area contributed by atoms with Crippen molar-refractivity contribution in [2.45, 2.75) is 38.1 Å². The lowest BCUT2D eigenvalue weighted by Crippen LogP contribution is -2.43. The number of primary amides is 2. The summed E-state index contributed by atoms with van der Waals surface area (Å²) in [5.74, 6) is -1.76. The number of carbonyl (C=O) groups excluding carboxylic acids is 2. The maximum atomic E-state index is 13.1. The van der Waals surface area contributed by atoms with Crippen LogP contribution in [0.3, 0.4) is 0 Å². The van der Waals surface area contributed by atoms with Gasteiger partial charge in [0.2, 0.25) is 11.8 Å². The zero-order chi connectivity index (χ0) is 32.4. The predicted octanol–water partition coefficient (Wildman–Crippen LogP) is 5.19. The van der Waals surface area contributed by atoms with Gasteiger partial charge in [-0.3, -0.25) is 18.0 Å². The van der Waals surface area contributed by atoms with E-state index >= 15 is 0 Å². The Balaban J connectivity index is 1.49. The van der Waals surface area contributed by atoms with Gasteiger partial charge in [0, 0.05) is 69.1 Å². The number of hydrogen-bond acceptors (Lipinski definition) is 8. The lowest BCUT2D eigenvalue weighted by Gasteiger charge is -2.34. The van der Waals surface area contributed by atoms with Crippen LogP contribution in [0.4, 0.5) is 0 Å². The summed E-state index contributed by atoms with van der Waals surface area (Å²) in [5, 5.41) is 1.68. The molecule has 2 aliphatic heterocycles. The van der Waals surface area contributed by atoms with Crippen molar-refractivity contribution in [3.05, 3.63) is 116 Å². The van der Waals surface area contributed by atoms with E-state index in [0.717, 1.165) is 0 Å². The molecule has 4 N–H and O–H groups in total. The van der Waals surface area contributed by atoms with E-state index in [-0.39, 0.29) is 24.2 Å². The predicted molar refractivity (Wildman–Crippen MR) is 172 cm³/mol. The van der Waals surface area contributed by atoms with E-state index in [1.54, 1.807) is 58.6 Å². The van der Waals surface area contributed by atoms with Crippen LogP contribution in [0.15, 0.2) is 84.5 Å². The summed E-state index contributed by atoms with van der Waals surface area (Å²) >= 11 is 25.1. The lowest BCUT2D eigenvalue weighted by molar-refractivity contribution is -0.116. The fourth-order valence-electron chi connectivity index (χ4n) is 4.36. The molecule has 44 heavy (non-hydrogen) atoms. The first-order chi connectivity index (χ1) is 20.6. The van der Waals surface area contributed by atoms with E-state index in [4.69, 9.17) is 66.2 Å². The second kappa shape index (κ2) is 13.8. The SMILES string of the molecule is CC1(OS(=O)S(=O)OC2(C)C=CN(Cc3c(Cl)cccc3Cl)C=C2C(N)=O)C=CN(Cc2c(Cl)cccc2Cl)C=C1C(N)=O. The smallest absolute Gasteiger partial charge is 0.278 e. The molecule has 10 nitrogen and oxygen atoms in total. The van der Waals surface area contributed by atoms with Crippen molar-refractivity contribution >= 4 is 78.4 Å². The molecular weight excluding hydrogens is 694 g/mol. The molecule has 0 radical (unpaired) electrons. The minimum Gasteiger partial charge on any atom is -0.366 e. The minimum atomic E-state index is -2.67. The van der Waals surface area contributed by atoms with Gasteiger partial charge in [0.1, 0.15) is 11.2 Å². The average molecular weight is 720 g/mol. The van der Waals surface area contributed by atoms with Crippen LogP contribution in [0.2, 0.25) is 20.1 Å². The van der Waals surface area contributed by atoms with E-state index in [2.05, 4.69) is 0 Å².